The number of hydrogen-bond donors (Lipinski definition) is 0. The highest BCUT2D eigenvalue weighted by Gasteiger charge is 2.20. The average molecular weight is 418 g/mol. The minimum atomic E-state index is -0.908. The van der Waals surface area contributed by atoms with Crippen molar-refractivity contribution < 1.29 is 23.8 Å². The van der Waals surface area contributed by atoms with E-state index in [2.05, 4.69) is 0 Å². The lowest BCUT2D eigenvalue weighted by atomic mass is 10.2. The zero-order valence-corrected chi connectivity index (χ0v) is 17.6. The molecule has 2 rings (SSSR count). The maximum atomic E-state index is 12.4. The summed E-state index contributed by atoms with van der Waals surface area (Å²) in [4.78, 5) is 26.1. The Bertz CT molecular complexity index is 882. The Labute approximate surface area is 175 Å². The van der Waals surface area contributed by atoms with Crippen molar-refractivity contribution in [3.05, 3.63) is 64.7 Å². The van der Waals surface area contributed by atoms with Crippen molar-refractivity contribution in [2.24, 2.45) is 0 Å². The fraction of sp³-hybridized carbons (Fsp3) is 0.273. The molecule has 0 unspecified atom stereocenters. The second-order valence-electron chi connectivity index (χ2n) is 6.33. The molecule has 1 atom stereocenters. The van der Waals surface area contributed by atoms with Crippen LogP contribution in [-0.2, 0) is 20.9 Å². The molecule has 7 heteroatoms. The van der Waals surface area contributed by atoms with E-state index in [0.29, 0.717) is 28.6 Å². The Kier molecular flexibility index (Phi) is 8.09. The number of carbonyl (C=O) groups is 2. The van der Waals surface area contributed by atoms with Crippen molar-refractivity contribution in [2.45, 2.75) is 19.6 Å². The summed E-state index contributed by atoms with van der Waals surface area (Å²) in [6.07, 6.45) is 1.86. The third-order valence-electron chi connectivity index (χ3n) is 4.15. The summed E-state index contributed by atoms with van der Waals surface area (Å²) in [5.41, 5.74) is 1.62. The third-order valence-corrected chi connectivity index (χ3v) is 4.43. The SMILES string of the molecule is COc1cc(/C=C/C(=O)O[C@H](C)C(=O)N(C)Cc2ccccc2)cc(Cl)c1OC. The van der Waals surface area contributed by atoms with Gasteiger partial charge in [-0.3, -0.25) is 4.79 Å². The van der Waals surface area contributed by atoms with Gasteiger partial charge < -0.3 is 19.1 Å². The number of halogens is 1. The lowest BCUT2D eigenvalue weighted by molar-refractivity contribution is -0.154. The van der Waals surface area contributed by atoms with E-state index in [4.69, 9.17) is 25.8 Å². The number of ether oxygens (including phenoxy) is 3. The maximum Gasteiger partial charge on any atom is 0.331 e. The van der Waals surface area contributed by atoms with Crippen LogP contribution in [0.4, 0.5) is 0 Å². The van der Waals surface area contributed by atoms with Crippen molar-refractivity contribution in [1.82, 2.24) is 4.90 Å². The van der Waals surface area contributed by atoms with Gasteiger partial charge in [0.05, 0.1) is 19.2 Å². The number of amides is 1. The zero-order valence-electron chi connectivity index (χ0n) is 16.8. The molecule has 0 fully saturated rings. The summed E-state index contributed by atoms with van der Waals surface area (Å²) in [7, 11) is 4.65. The van der Waals surface area contributed by atoms with Gasteiger partial charge in [-0.25, -0.2) is 4.79 Å². The summed E-state index contributed by atoms with van der Waals surface area (Å²) >= 11 is 6.15. The molecular formula is C22H24ClNO5. The molecule has 0 saturated carbocycles. The number of nitrogens with zero attached hydrogens (tertiary/aromatic N) is 1. The van der Waals surface area contributed by atoms with Crippen LogP contribution in [0.3, 0.4) is 0 Å². The van der Waals surface area contributed by atoms with Gasteiger partial charge in [0.1, 0.15) is 0 Å². The molecule has 0 aliphatic rings. The number of rotatable bonds is 8. The first-order valence-corrected chi connectivity index (χ1v) is 9.32. The number of methoxy groups -OCH3 is 2. The van der Waals surface area contributed by atoms with Gasteiger partial charge in [-0.2, -0.15) is 0 Å². The monoisotopic (exact) mass is 417 g/mol. The number of carbonyl (C=O) groups excluding carboxylic acids is 2. The molecule has 0 N–H and O–H groups in total. The molecule has 6 nitrogen and oxygen atoms in total. The van der Waals surface area contributed by atoms with Gasteiger partial charge in [-0.1, -0.05) is 41.9 Å². The van der Waals surface area contributed by atoms with Gasteiger partial charge in [0.2, 0.25) is 0 Å². The Morgan fingerprint density at radius 2 is 1.83 bits per heavy atom. The molecule has 154 valence electrons. The molecule has 0 spiro atoms. The Morgan fingerprint density at radius 1 is 1.14 bits per heavy atom. The lowest BCUT2D eigenvalue weighted by Gasteiger charge is -2.21. The smallest absolute Gasteiger partial charge is 0.331 e. The standard InChI is InChI=1S/C22H24ClNO5/c1-15(22(26)24(2)14-16-8-6-5-7-9-16)29-20(25)11-10-17-12-18(23)21(28-4)19(13-17)27-3/h5-13,15H,14H2,1-4H3/b11-10+/t15-/m1/s1. The van der Waals surface area contributed by atoms with Crippen LogP contribution in [-0.4, -0.2) is 44.1 Å². The topological polar surface area (TPSA) is 65.1 Å². The number of hydrogen-bond acceptors (Lipinski definition) is 5. The van der Waals surface area contributed by atoms with Crippen molar-refractivity contribution in [2.75, 3.05) is 21.3 Å². The van der Waals surface area contributed by atoms with Crippen LogP contribution in [0.5, 0.6) is 11.5 Å². The van der Waals surface area contributed by atoms with E-state index in [-0.39, 0.29) is 5.91 Å². The second kappa shape index (κ2) is 10.5. The van der Waals surface area contributed by atoms with E-state index in [1.807, 2.05) is 30.3 Å². The van der Waals surface area contributed by atoms with Gasteiger partial charge in [0.25, 0.3) is 5.91 Å². The minimum Gasteiger partial charge on any atom is -0.493 e. The second-order valence-corrected chi connectivity index (χ2v) is 6.74. The van der Waals surface area contributed by atoms with Gasteiger partial charge in [0, 0.05) is 19.7 Å². The summed E-state index contributed by atoms with van der Waals surface area (Å²) in [5, 5.41) is 0.353. The zero-order chi connectivity index (χ0) is 21.4. The van der Waals surface area contributed by atoms with Crippen LogP contribution >= 0.6 is 11.6 Å². The highest BCUT2D eigenvalue weighted by molar-refractivity contribution is 6.32. The van der Waals surface area contributed by atoms with E-state index in [0.717, 1.165) is 5.56 Å². The van der Waals surface area contributed by atoms with Crippen molar-refractivity contribution in [3.63, 3.8) is 0 Å². The van der Waals surface area contributed by atoms with Gasteiger partial charge in [-0.05, 0) is 36.3 Å². The Morgan fingerprint density at radius 3 is 2.45 bits per heavy atom. The average Bonchev–Trinajstić information content (AvgIpc) is 2.71. The maximum absolute atomic E-state index is 12.4. The van der Waals surface area contributed by atoms with Crippen LogP contribution in [0.25, 0.3) is 6.08 Å². The van der Waals surface area contributed by atoms with Crippen LogP contribution in [0, 0.1) is 0 Å². The number of benzene rings is 2. The Balaban J connectivity index is 1.97. The van der Waals surface area contributed by atoms with Crippen molar-refractivity contribution in [3.8, 4) is 11.5 Å². The number of likely N-dealkylation sites (N-methyl/N-ethyl adjacent to an activating group) is 1. The van der Waals surface area contributed by atoms with Crippen LogP contribution in [0.2, 0.25) is 5.02 Å². The fourth-order valence-electron chi connectivity index (χ4n) is 2.71. The molecule has 2 aromatic carbocycles. The molecule has 29 heavy (non-hydrogen) atoms. The predicted octanol–water partition coefficient (Wildman–Crippen LogP) is 3.96. The molecule has 0 radical (unpaired) electrons. The highest BCUT2D eigenvalue weighted by Crippen LogP contribution is 2.36. The fourth-order valence-corrected chi connectivity index (χ4v) is 3.00. The quantitative estimate of drug-likeness (QED) is 0.480. The van der Waals surface area contributed by atoms with Crippen molar-refractivity contribution >= 4 is 29.6 Å². The Hall–Kier alpha value is -2.99. The molecule has 0 aliphatic carbocycles. The molecule has 1 amide bonds. The molecule has 2 aromatic rings. The van der Waals surface area contributed by atoms with Crippen LogP contribution in [0.1, 0.15) is 18.1 Å². The van der Waals surface area contributed by atoms with Crippen LogP contribution < -0.4 is 9.47 Å². The van der Waals surface area contributed by atoms with Crippen LogP contribution in [0.15, 0.2) is 48.5 Å². The van der Waals surface area contributed by atoms with Crippen molar-refractivity contribution in [1.29, 1.82) is 0 Å². The molecule has 0 aromatic heterocycles. The largest absolute Gasteiger partial charge is 0.493 e. The summed E-state index contributed by atoms with van der Waals surface area (Å²) in [6.45, 7) is 1.98. The molecule has 0 saturated heterocycles. The molecule has 0 aliphatic heterocycles. The van der Waals surface area contributed by atoms with Gasteiger partial charge >= 0.3 is 5.97 Å². The lowest BCUT2D eigenvalue weighted by Crippen LogP contribution is -2.36. The van der Waals surface area contributed by atoms with E-state index < -0.39 is 12.1 Å². The van der Waals surface area contributed by atoms with E-state index in [1.165, 1.54) is 31.3 Å². The summed E-state index contributed by atoms with van der Waals surface area (Å²) < 4.78 is 15.6. The van der Waals surface area contributed by atoms with Gasteiger partial charge in [0.15, 0.2) is 17.6 Å². The minimum absolute atomic E-state index is 0.287. The number of esters is 1. The third kappa shape index (κ3) is 6.26. The first kappa shape index (κ1) is 22.3. The molecule has 0 heterocycles. The molecular weight excluding hydrogens is 394 g/mol. The first-order valence-electron chi connectivity index (χ1n) is 8.94. The molecule has 0 bridgehead atoms. The summed E-state index contributed by atoms with van der Waals surface area (Å²) in [5.74, 6) is -0.0664. The normalized spacial score (nSPS) is 11.8. The van der Waals surface area contributed by atoms with E-state index in [9.17, 15) is 9.59 Å². The predicted molar refractivity (Wildman–Crippen MR) is 112 cm³/mol. The van der Waals surface area contributed by atoms with Gasteiger partial charge in [-0.15, -0.1) is 0 Å². The van der Waals surface area contributed by atoms with E-state index >= 15 is 0 Å². The van der Waals surface area contributed by atoms with E-state index in [1.54, 1.807) is 26.1 Å². The summed E-state index contributed by atoms with van der Waals surface area (Å²) in [6, 6.07) is 12.9. The highest BCUT2D eigenvalue weighted by atomic mass is 35.5. The first-order chi connectivity index (χ1) is 13.8.